The number of hydrogen-bond acceptors (Lipinski definition) is 3. The Morgan fingerprint density at radius 1 is 1.00 bits per heavy atom. The van der Waals surface area contributed by atoms with Crippen molar-refractivity contribution >= 4 is 11.8 Å². The molecule has 5 nitrogen and oxygen atoms in total. The van der Waals surface area contributed by atoms with Crippen molar-refractivity contribution in [3.63, 3.8) is 0 Å². The van der Waals surface area contributed by atoms with Crippen LogP contribution in [0.5, 0.6) is 0 Å². The number of rotatable bonds is 3. The van der Waals surface area contributed by atoms with E-state index in [0.29, 0.717) is 26.2 Å². The second-order valence-corrected chi connectivity index (χ2v) is 8.70. The van der Waals surface area contributed by atoms with Gasteiger partial charge in [-0.1, -0.05) is 24.3 Å². The van der Waals surface area contributed by atoms with Crippen LogP contribution in [0.2, 0.25) is 0 Å². The van der Waals surface area contributed by atoms with Crippen LogP contribution in [0.15, 0.2) is 24.3 Å². The van der Waals surface area contributed by atoms with E-state index in [1.165, 1.54) is 5.56 Å². The molecule has 5 rings (SSSR count). The lowest BCUT2D eigenvalue weighted by atomic mass is 9.98. The standard InChI is InChI=1S/C21H25F2N3O2/c22-21(23)9-18(20(28)24-8-7-14-3-1-2-4-16(14)10-24)26(13-21)17-11-25(12-17)19(27)15-5-6-15/h1-4,15,17-18H,5-13H2/t18-/m0/s1. The van der Waals surface area contributed by atoms with Crippen molar-refractivity contribution in [2.24, 2.45) is 5.92 Å². The Labute approximate surface area is 163 Å². The number of carbonyl (C=O) groups is 2. The molecule has 1 aliphatic carbocycles. The van der Waals surface area contributed by atoms with E-state index < -0.39 is 18.4 Å². The van der Waals surface area contributed by atoms with E-state index in [0.717, 1.165) is 24.8 Å². The first-order valence-corrected chi connectivity index (χ1v) is 10.2. The molecule has 3 fully saturated rings. The number of nitrogens with zero attached hydrogens (tertiary/aromatic N) is 3. The van der Waals surface area contributed by atoms with E-state index in [-0.39, 0.29) is 30.3 Å². The predicted molar refractivity (Wildman–Crippen MR) is 98.7 cm³/mol. The Morgan fingerprint density at radius 3 is 2.43 bits per heavy atom. The van der Waals surface area contributed by atoms with Gasteiger partial charge in [-0.15, -0.1) is 0 Å². The van der Waals surface area contributed by atoms with Gasteiger partial charge in [-0.3, -0.25) is 14.5 Å². The van der Waals surface area contributed by atoms with Crippen LogP contribution in [-0.2, 0) is 22.6 Å². The summed E-state index contributed by atoms with van der Waals surface area (Å²) in [4.78, 5) is 30.5. The lowest BCUT2D eigenvalue weighted by Crippen LogP contribution is -2.64. The summed E-state index contributed by atoms with van der Waals surface area (Å²) in [5.41, 5.74) is 2.33. The van der Waals surface area contributed by atoms with E-state index in [1.807, 2.05) is 18.2 Å². The van der Waals surface area contributed by atoms with Gasteiger partial charge in [0.2, 0.25) is 11.8 Å². The Morgan fingerprint density at radius 2 is 1.71 bits per heavy atom. The molecule has 3 aliphatic heterocycles. The smallest absolute Gasteiger partial charge is 0.262 e. The van der Waals surface area contributed by atoms with Gasteiger partial charge >= 0.3 is 0 Å². The van der Waals surface area contributed by atoms with Crippen molar-refractivity contribution in [3.05, 3.63) is 35.4 Å². The molecule has 0 N–H and O–H groups in total. The summed E-state index contributed by atoms with van der Waals surface area (Å²) in [5.74, 6) is -2.75. The highest BCUT2D eigenvalue weighted by atomic mass is 19.3. The fourth-order valence-corrected chi connectivity index (χ4v) is 4.78. The zero-order valence-corrected chi connectivity index (χ0v) is 15.8. The summed E-state index contributed by atoms with van der Waals surface area (Å²) < 4.78 is 28.5. The number of hydrogen-bond donors (Lipinski definition) is 0. The molecule has 150 valence electrons. The van der Waals surface area contributed by atoms with Crippen molar-refractivity contribution < 1.29 is 18.4 Å². The molecule has 7 heteroatoms. The number of halogens is 2. The van der Waals surface area contributed by atoms with Crippen LogP contribution in [0.4, 0.5) is 8.78 Å². The maximum atomic E-state index is 14.2. The molecule has 0 bridgehead atoms. The van der Waals surface area contributed by atoms with E-state index in [4.69, 9.17) is 0 Å². The Kier molecular flexibility index (Phi) is 4.19. The van der Waals surface area contributed by atoms with Crippen molar-refractivity contribution in [2.45, 2.75) is 50.2 Å². The minimum Gasteiger partial charge on any atom is -0.339 e. The number of alkyl halides is 2. The van der Waals surface area contributed by atoms with Gasteiger partial charge in [0.1, 0.15) is 0 Å². The van der Waals surface area contributed by atoms with Crippen molar-refractivity contribution in [2.75, 3.05) is 26.2 Å². The number of carbonyl (C=O) groups excluding carboxylic acids is 2. The van der Waals surface area contributed by atoms with Gasteiger partial charge in [0.15, 0.2) is 0 Å². The number of likely N-dealkylation sites (tertiary alicyclic amines) is 2. The van der Waals surface area contributed by atoms with Crippen molar-refractivity contribution in [1.29, 1.82) is 0 Å². The number of benzene rings is 1. The van der Waals surface area contributed by atoms with Gasteiger partial charge in [0.25, 0.3) is 5.92 Å². The molecule has 0 unspecified atom stereocenters. The normalized spacial score (nSPS) is 27.4. The maximum absolute atomic E-state index is 14.2. The van der Waals surface area contributed by atoms with Gasteiger partial charge < -0.3 is 9.80 Å². The van der Waals surface area contributed by atoms with Crippen LogP contribution in [-0.4, -0.2) is 70.7 Å². The molecule has 4 aliphatic rings. The minimum absolute atomic E-state index is 0.137. The first-order chi connectivity index (χ1) is 13.4. The first kappa shape index (κ1) is 18.0. The molecule has 0 aromatic heterocycles. The molecule has 1 aromatic rings. The van der Waals surface area contributed by atoms with Gasteiger partial charge in [-0.2, -0.15) is 0 Å². The summed E-state index contributed by atoms with van der Waals surface area (Å²) in [7, 11) is 0. The third-order valence-electron chi connectivity index (χ3n) is 6.60. The molecule has 2 amide bonds. The highest BCUT2D eigenvalue weighted by Gasteiger charge is 2.54. The highest BCUT2D eigenvalue weighted by molar-refractivity contribution is 5.83. The van der Waals surface area contributed by atoms with Crippen LogP contribution in [0.1, 0.15) is 30.4 Å². The van der Waals surface area contributed by atoms with E-state index in [9.17, 15) is 18.4 Å². The molecule has 1 saturated carbocycles. The Balaban J connectivity index is 1.27. The van der Waals surface area contributed by atoms with Crippen molar-refractivity contribution in [3.8, 4) is 0 Å². The molecule has 3 heterocycles. The fourth-order valence-electron chi connectivity index (χ4n) is 4.78. The summed E-state index contributed by atoms with van der Waals surface area (Å²) >= 11 is 0. The molecule has 0 spiro atoms. The quantitative estimate of drug-likeness (QED) is 0.793. The average Bonchev–Trinajstić information content (AvgIpc) is 3.44. The summed E-state index contributed by atoms with van der Waals surface area (Å²) in [6.07, 6.45) is 2.23. The molecule has 28 heavy (non-hydrogen) atoms. The molecule has 1 atom stereocenters. The van der Waals surface area contributed by atoms with Gasteiger partial charge in [0.05, 0.1) is 12.6 Å². The maximum Gasteiger partial charge on any atom is 0.262 e. The van der Waals surface area contributed by atoms with Gasteiger partial charge in [0, 0.05) is 44.6 Å². The summed E-state index contributed by atoms with van der Waals surface area (Å²) in [6.45, 7) is 1.62. The molecular weight excluding hydrogens is 364 g/mol. The van der Waals surface area contributed by atoms with Crippen LogP contribution in [0, 0.1) is 5.92 Å². The van der Waals surface area contributed by atoms with Gasteiger partial charge in [-0.05, 0) is 30.4 Å². The average molecular weight is 389 g/mol. The monoisotopic (exact) mass is 389 g/mol. The third-order valence-corrected chi connectivity index (χ3v) is 6.60. The summed E-state index contributed by atoms with van der Waals surface area (Å²) in [5, 5.41) is 0. The predicted octanol–water partition coefficient (Wildman–Crippen LogP) is 1.90. The molecule has 2 saturated heterocycles. The second-order valence-electron chi connectivity index (χ2n) is 8.70. The number of fused-ring (bicyclic) bond motifs is 1. The highest BCUT2D eigenvalue weighted by Crippen LogP contribution is 2.38. The fraction of sp³-hybridized carbons (Fsp3) is 0.619. The second kappa shape index (κ2) is 6.51. The van der Waals surface area contributed by atoms with Crippen LogP contribution >= 0.6 is 0 Å². The van der Waals surface area contributed by atoms with E-state index >= 15 is 0 Å². The van der Waals surface area contributed by atoms with Crippen molar-refractivity contribution in [1.82, 2.24) is 14.7 Å². The Bertz CT molecular complexity index is 805. The number of amides is 2. The van der Waals surface area contributed by atoms with Gasteiger partial charge in [-0.25, -0.2) is 8.78 Å². The largest absolute Gasteiger partial charge is 0.339 e. The first-order valence-electron chi connectivity index (χ1n) is 10.2. The van der Waals surface area contributed by atoms with E-state index in [1.54, 1.807) is 14.7 Å². The third kappa shape index (κ3) is 3.19. The molecular formula is C21H25F2N3O2. The van der Waals surface area contributed by atoms with Crippen LogP contribution in [0.3, 0.4) is 0 Å². The zero-order valence-electron chi connectivity index (χ0n) is 15.8. The van der Waals surface area contributed by atoms with Crippen LogP contribution in [0.25, 0.3) is 0 Å². The molecule has 0 radical (unpaired) electrons. The summed E-state index contributed by atoms with van der Waals surface area (Å²) in [6, 6.07) is 7.07. The Hall–Kier alpha value is -2.02. The zero-order chi connectivity index (χ0) is 19.5. The molecule has 1 aromatic carbocycles. The topological polar surface area (TPSA) is 43.9 Å². The van der Waals surface area contributed by atoms with Crippen LogP contribution < -0.4 is 0 Å². The minimum atomic E-state index is -2.85. The lowest BCUT2D eigenvalue weighted by Gasteiger charge is -2.46. The van der Waals surface area contributed by atoms with E-state index in [2.05, 4.69) is 6.07 Å². The SMILES string of the molecule is O=C(C1CC1)N1CC(N2CC(F)(F)C[C@H]2C(=O)N2CCc3ccccc3C2)C1. The lowest BCUT2D eigenvalue weighted by molar-refractivity contribution is -0.144.